The van der Waals surface area contributed by atoms with Gasteiger partial charge in [0, 0.05) is 18.2 Å². The third-order valence-corrected chi connectivity index (χ3v) is 5.34. The third-order valence-electron chi connectivity index (χ3n) is 5.34. The molecule has 0 bridgehead atoms. The molecule has 5 heteroatoms. The summed E-state index contributed by atoms with van der Waals surface area (Å²) in [5, 5.41) is 2.93. The molecular formula is C20H29N3O2. The number of amides is 1. The molecule has 136 valence electrons. The van der Waals surface area contributed by atoms with Crippen molar-refractivity contribution in [3.8, 4) is 0 Å². The Labute approximate surface area is 150 Å². The molecule has 1 atom stereocenters. The van der Waals surface area contributed by atoms with Crippen LogP contribution in [0.1, 0.15) is 49.4 Å². The van der Waals surface area contributed by atoms with Gasteiger partial charge in [-0.15, -0.1) is 0 Å². The van der Waals surface area contributed by atoms with Crippen LogP contribution in [-0.4, -0.2) is 60.3 Å². The topological polar surface area (TPSA) is 52.7 Å². The lowest BCUT2D eigenvalue weighted by atomic mass is 10.1. The van der Waals surface area contributed by atoms with Crippen molar-refractivity contribution in [3.63, 3.8) is 0 Å². The smallest absolute Gasteiger partial charge is 0.238 e. The fourth-order valence-electron chi connectivity index (χ4n) is 4.02. The molecule has 2 aliphatic heterocycles. The molecule has 2 saturated heterocycles. The zero-order valence-electron chi connectivity index (χ0n) is 15.2. The van der Waals surface area contributed by atoms with E-state index in [4.69, 9.17) is 0 Å². The Morgan fingerprint density at radius 1 is 1.08 bits per heavy atom. The van der Waals surface area contributed by atoms with Crippen LogP contribution >= 0.6 is 0 Å². The molecule has 1 aromatic rings. The van der Waals surface area contributed by atoms with E-state index in [0.29, 0.717) is 23.8 Å². The molecule has 0 spiro atoms. The lowest BCUT2D eigenvalue weighted by Gasteiger charge is -2.32. The zero-order chi connectivity index (χ0) is 17.6. The summed E-state index contributed by atoms with van der Waals surface area (Å²) in [5.41, 5.74) is 1.19. The van der Waals surface area contributed by atoms with Gasteiger partial charge in [-0.3, -0.25) is 14.5 Å². The van der Waals surface area contributed by atoms with E-state index >= 15 is 0 Å². The normalized spacial score (nSPS) is 22.0. The van der Waals surface area contributed by atoms with Crippen molar-refractivity contribution in [2.45, 2.75) is 45.1 Å². The molecular weight excluding hydrogens is 314 g/mol. The minimum atomic E-state index is -0.0285. The third kappa shape index (κ3) is 4.89. The van der Waals surface area contributed by atoms with Crippen LogP contribution in [0.15, 0.2) is 24.3 Å². The molecule has 2 heterocycles. The van der Waals surface area contributed by atoms with E-state index in [1.165, 1.54) is 45.7 Å². The van der Waals surface area contributed by atoms with E-state index in [0.717, 1.165) is 19.5 Å². The summed E-state index contributed by atoms with van der Waals surface area (Å²) in [6.07, 6.45) is 6.29. The van der Waals surface area contributed by atoms with E-state index in [9.17, 15) is 9.59 Å². The summed E-state index contributed by atoms with van der Waals surface area (Å²) in [4.78, 5) is 29.1. The number of benzene rings is 1. The summed E-state index contributed by atoms with van der Waals surface area (Å²) >= 11 is 0. The lowest BCUT2D eigenvalue weighted by molar-refractivity contribution is -0.117. The van der Waals surface area contributed by atoms with Crippen molar-refractivity contribution in [3.05, 3.63) is 29.8 Å². The highest BCUT2D eigenvalue weighted by Gasteiger charge is 2.28. The first-order valence-electron chi connectivity index (χ1n) is 9.49. The summed E-state index contributed by atoms with van der Waals surface area (Å²) in [6.45, 7) is 6.40. The number of ketones is 1. The van der Waals surface area contributed by atoms with E-state index < -0.39 is 0 Å². The van der Waals surface area contributed by atoms with Crippen molar-refractivity contribution >= 4 is 17.4 Å². The second-order valence-electron chi connectivity index (χ2n) is 7.28. The number of nitrogens with zero attached hydrogens (tertiary/aromatic N) is 2. The fraction of sp³-hybridized carbons (Fsp3) is 0.600. The largest absolute Gasteiger partial charge is 0.324 e. The number of likely N-dealkylation sites (tertiary alicyclic amines) is 2. The Morgan fingerprint density at radius 3 is 2.60 bits per heavy atom. The quantitative estimate of drug-likeness (QED) is 0.807. The van der Waals surface area contributed by atoms with Gasteiger partial charge in [-0.2, -0.15) is 0 Å². The molecule has 0 saturated carbocycles. The Kier molecular flexibility index (Phi) is 6.21. The van der Waals surface area contributed by atoms with Crippen molar-refractivity contribution in [1.29, 1.82) is 0 Å². The minimum absolute atomic E-state index is 0.0277. The van der Waals surface area contributed by atoms with Crippen LogP contribution in [0, 0.1) is 0 Å². The van der Waals surface area contributed by atoms with Gasteiger partial charge in [-0.25, -0.2) is 0 Å². The van der Waals surface area contributed by atoms with Crippen LogP contribution < -0.4 is 5.32 Å². The van der Waals surface area contributed by atoms with E-state index in [2.05, 4.69) is 15.1 Å². The first-order chi connectivity index (χ1) is 12.1. The van der Waals surface area contributed by atoms with Gasteiger partial charge in [0.2, 0.25) is 5.91 Å². The predicted molar refractivity (Wildman–Crippen MR) is 100.0 cm³/mol. The molecule has 3 rings (SSSR count). The number of nitrogens with one attached hydrogen (secondary N) is 1. The maximum Gasteiger partial charge on any atom is 0.238 e. The number of rotatable bonds is 6. The molecule has 5 nitrogen and oxygen atoms in total. The van der Waals surface area contributed by atoms with Crippen LogP contribution in [0.4, 0.5) is 5.69 Å². The highest BCUT2D eigenvalue weighted by Crippen LogP contribution is 2.21. The molecule has 1 N–H and O–H groups in total. The monoisotopic (exact) mass is 343 g/mol. The van der Waals surface area contributed by atoms with E-state index in [-0.39, 0.29) is 11.7 Å². The van der Waals surface area contributed by atoms with Gasteiger partial charge >= 0.3 is 0 Å². The summed E-state index contributed by atoms with van der Waals surface area (Å²) in [7, 11) is 0. The number of anilines is 1. The van der Waals surface area contributed by atoms with E-state index in [1.807, 2.05) is 12.1 Å². The van der Waals surface area contributed by atoms with Gasteiger partial charge in [0.15, 0.2) is 5.78 Å². The second-order valence-corrected chi connectivity index (χ2v) is 7.28. The maximum atomic E-state index is 12.5. The van der Waals surface area contributed by atoms with Crippen LogP contribution in [0.25, 0.3) is 0 Å². The van der Waals surface area contributed by atoms with Crippen LogP contribution in [0.2, 0.25) is 0 Å². The number of para-hydroxylation sites is 1. The average Bonchev–Trinajstić information content (AvgIpc) is 3.02. The average molecular weight is 343 g/mol. The molecule has 0 unspecified atom stereocenters. The molecule has 0 aliphatic carbocycles. The van der Waals surface area contributed by atoms with Gasteiger partial charge in [0.1, 0.15) is 0 Å². The van der Waals surface area contributed by atoms with Crippen molar-refractivity contribution in [1.82, 2.24) is 9.80 Å². The fourth-order valence-corrected chi connectivity index (χ4v) is 4.02. The predicted octanol–water partition coefficient (Wildman–Crippen LogP) is 2.78. The molecule has 25 heavy (non-hydrogen) atoms. The molecule has 1 amide bonds. The highest BCUT2D eigenvalue weighted by molar-refractivity contribution is 6.04. The zero-order valence-corrected chi connectivity index (χ0v) is 15.2. The number of Topliss-reactive ketones (excluding diaryl/α,β-unsaturated/α-hetero) is 1. The Hall–Kier alpha value is -1.72. The van der Waals surface area contributed by atoms with Crippen LogP contribution in [0.3, 0.4) is 0 Å². The highest BCUT2D eigenvalue weighted by atomic mass is 16.2. The van der Waals surface area contributed by atoms with Gasteiger partial charge in [-0.1, -0.05) is 18.6 Å². The van der Waals surface area contributed by atoms with Crippen LogP contribution in [0.5, 0.6) is 0 Å². The SMILES string of the molecule is CC(=O)c1ccccc1NC(=O)CN1CCC[C@H]1CN1CCCCC1. The first kappa shape index (κ1) is 18.1. The number of hydrogen-bond donors (Lipinski definition) is 1. The standard InChI is InChI=1S/C20H29N3O2/c1-16(24)18-9-3-4-10-19(18)21-20(25)15-23-13-7-8-17(23)14-22-11-5-2-6-12-22/h3-4,9-10,17H,2,5-8,11-15H2,1H3,(H,21,25)/t17-/m0/s1. The molecule has 2 fully saturated rings. The van der Waals surface area contributed by atoms with Gasteiger partial charge < -0.3 is 10.2 Å². The minimum Gasteiger partial charge on any atom is -0.324 e. The van der Waals surface area contributed by atoms with Crippen molar-refractivity contribution in [2.75, 3.05) is 38.0 Å². The number of carbonyl (C=O) groups is 2. The number of carbonyl (C=O) groups excluding carboxylic acids is 2. The second kappa shape index (κ2) is 8.59. The Bertz CT molecular complexity index is 611. The summed E-state index contributed by atoms with van der Waals surface area (Å²) in [5.74, 6) is -0.0562. The molecule has 0 aromatic heterocycles. The molecule has 0 radical (unpaired) electrons. The number of hydrogen-bond acceptors (Lipinski definition) is 4. The van der Waals surface area contributed by atoms with Crippen LogP contribution in [-0.2, 0) is 4.79 Å². The van der Waals surface area contributed by atoms with E-state index in [1.54, 1.807) is 12.1 Å². The lowest BCUT2D eigenvalue weighted by Crippen LogP contribution is -2.44. The first-order valence-corrected chi connectivity index (χ1v) is 9.49. The Morgan fingerprint density at radius 2 is 1.84 bits per heavy atom. The molecule has 1 aromatic carbocycles. The number of piperidine rings is 1. The molecule has 2 aliphatic rings. The summed E-state index contributed by atoms with van der Waals surface area (Å²) < 4.78 is 0. The van der Waals surface area contributed by atoms with Gasteiger partial charge in [-0.05, 0) is 64.4 Å². The van der Waals surface area contributed by atoms with Gasteiger partial charge in [0.25, 0.3) is 0 Å². The maximum absolute atomic E-state index is 12.5. The Balaban J connectivity index is 1.55. The summed E-state index contributed by atoms with van der Waals surface area (Å²) in [6, 6.07) is 7.70. The van der Waals surface area contributed by atoms with Gasteiger partial charge in [0.05, 0.1) is 12.2 Å². The van der Waals surface area contributed by atoms with Crippen molar-refractivity contribution in [2.24, 2.45) is 0 Å². The van der Waals surface area contributed by atoms with Crippen molar-refractivity contribution < 1.29 is 9.59 Å².